The number of carbonyl (C=O) groups is 2. The molecule has 0 aliphatic carbocycles. The Kier molecular flexibility index (Phi) is 4.15. The Labute approximate surface area is 139 Å². The predicted octanol–water partition coefficient (Wildman–Crippen LogP) is 0.485. The zero-order valence-electron chi connectivity index (χ0n) is 13.9. The van der Waals surface area contributed by atoms with Gasteiger partial charge in [0.05, 0.1) is 18.9 Å². The Morgan fingerprint density at radius 2 is 2.08 bits per heavy atom. The normalized spacial score (nSPS) is 14.6. The summed E-state index contributed by atoms with van der Waals surface area (Å²) in [5.74, 6) is -0.505. The number of hydrogen-bond acceptors (Lipinski definition) is 5. The summed E-state index contributed by atoms with van der Waals surface area (Å²) in [6.45, 7) is 4.62. The van der Waals surface area contributed by atoms with Crippen LogP contribution < -0.4 is 0 Å². The van der Waals surface area contributed by atoms with Crippen LogP contribution >= 0.6 is 0 Å². The molecule has 8 heteroatoms. The number of aromatic nitrogens is 3. The molecule has 128 valence electrons. The van der Waals surface area contributed by atoms with Crippen LogP contribution in [-0.4, -0.2) is 63.0 Å². The molecule has 1 aliphatic rings. The molecule has 1 amide bonds. The number of carbonyl (C=O) groups excluding carboxylic acids is 2. The monoisotopic (exact) mass is 332 g/mol. The van der Waals surface area contributed by atoms with Crippen molar-refractivity contribution in [2.45, 2.75) is 26.5 Å². The van der Waals surface area contributed by atoms with Gasteiger partial charge in [-0.15, -0.1) is 0 Å². The molecular weight excluding hydrogens is 312 g/mol. The maximum absolute atomic E-state index is 12.2. The topological polar surface area (TPSA) is 100 Å². The largest absolute Gasteiger partial charge is 0.464 e. The second kappa shape index (κ2) is 6.12. The van der Waals surface area contributed by atoms with Gasteiger partial charge >= 0.3 is 5.97 Å². The number of aryl methyl sites for hydroxylation is 1. The predicted molar refractivity (Wildman–Crippen MR) is 85.4 cm³/mol. The second-order valence-corrected chi connectivity index (χ2v) is 5.93. The summed E-state index contributed by atoms with van der Waals surface area (Å²) in [6.07, 6.45) is -0.416. The van der Waals surface area contributed by atoms with E-state index in [1.807, 2.05) is 13.8 Å². The molecule has 1 saturated heterocycles. The van der Waals surface area contributed by atoms with Crippen molar-refractivity contribution in [2.75, 3.05) is 20.2 Å². The van der Waals surface area contributed by atoms with Gasteiger partial charge in [-0.3, -0.25) is 9.48 Å². The zero-order valence-corrected chi connectivity index (χ0v) is 13.9. The molecule has 0 saturated carbocycles. The van der Waals surface area contributed by atoms with Gasteiger partial charge < -0.3 is 19.7 Å². The number of β-amino-alcohol motifs (C(OH)–C–C–N with tert-alkyl or cyclic N) is 1. The van der Waals surface area contributed by atoms with Gasteiger partial charge in [0.2, 0.25) is 5.91 Å². The lowest BCUT2D eigenvalue weighted by Crippen LogP contribution is -2.54. The number of esters is 1. The van der Waals surface area contributed by atoms with Crippen LogP contribution in [-0.2, 0) is 16.1 Å². The minimum absolute atomic E-state index is 0.0702. The van der Waals surface area contributed by atoms with Crippen molar-refractivity contribution in [1.82, 2.24) is 19.7 Å². The Hall–Kier alpha value is -2.61. The number of nitrogens with zero attached hydrogens (tertiary/aromatic N) is 3. The van der Waals surface area contributed by atoms with E-state index in [1.165, 1.54) is 7.11 Å². The van der Waals surface area contributed by atoms with Crippen LogP contribution in [0.3, 0.4) is 0 Å². The van der Waals surface area contributed by atoms with Crippen molar-refractivity contribution < 1.29 is 19.4 Å². The van der Waals surface area contributed by atoms with Gasteiger partial charge in [0.15, 0.2) is 0 Å². The van der Waals surface area contributed by atoms with Crippen molar-refractivity contribution in [3.63, 3.8) is 0 Å². The number of hydrogen-bond donors (Lipinski definition) is 2. The van der Waals surface area contributed by atoms with Crippen LogP contribution in [0.2, 0.25) is 0 Å². The number of H-pyrrole nitrogens is 1. The van der Waals surface area contributed by atoms with E-state index >= 15 is 0 Å². The molecule has 1 fully saturated rings. The van der Waals surface area contributed by atoms with Crippen LogP contribution in [0.25, 0.3) is 11.3 Å². The SMILES string of the molecule is COC(=O)c1ccc(-c2c(C)nn(CC(=O)N3CC(O)C3)c2C)[nH]1. The Bertz CT molecular complexity index is 786. The van der Waals surface area contributed by atoms with Crippen LogP contribution in [0.5, 0.6) is 0 Å². The number of methoxy groups -OCH3 is 1. The van der Waals surface area contributed by atoms with Gasteiger partial charge in [0, 0.05) is 30.0 Å². The van der Waals surface area contributed by atoms with Crippen molar-refractivity contribution in [1.29, 1.82) is 0 Å². The lowest BCUT2D eigenvalue weighted by molar-refractivity contribution is -0.142. The highest BCUT2D eigenvalue weighted by Crippen LogP contribution is 2.26. The van der Waals surface area contributed by atoms with Gasteiger partial charge in [-0.25, -0.2) is 4.79 Å². The van der Waals surface area contributed by atoms with E-state index < -0.39 is 12.1 Å². The minimum Gasteiger partial charge on any atom is -0.464 e. The molecule has 0 aromatic carbocycles. The standard InChI is InChI=1S/C16H20N4O4/c1-9-15(12-4-5-13(17-12)16(23)24-3)10(2)20(18-9)8-14(22)19-6-11(21)7-19/h4-5,11,17,21H,6-8H2,1-3H3. The minimum atomic E-state index is -0.435. The lowest BCUT2D eigenvalue weighted by Gasteiger charge is -2.35. The molecular formula is C16H20N4O4. The summed E-state index contributed by atoms with van der Waals surface area (Å²) < 4.78 is 6.35. The smallest absolute Gasteiger partial charge is 0.354 e. The quantitative estimate of drug-likeness (QED) is 0.794. The number of nitrogens with one attached hydrogen (secondary N) is 1. The number of rotatable bonds is 4. The van der Waals surface area contributed by atoms with E-state index in [0.29, 0.717) is 18.8 Å². The molecule has 0 spiro atoms. The van der Waals surface area contributed by atoms with Gasteiger partial charge in [0.25, 0.3) is 0 Å². The maximum atomic E-state index is 12.2. The number of ether oxygens (including phenoxy) is 1. The van der Waals surface area contributed by atoms with E-state index in [1.54, 1.807) is 21.7 Å². The molecule has 2 aromatic heterocycles. The summed E-state index contributed by atoms with van der Waals surface area (Å²) in [7, 11) is 1.33. The summed E-state index contributed by atoms with van der Waals surface area (Å²) in [5, 5.41) is 13.7. The number of aliphatic hydroxyl groups is 1. The van der Waals surface area contributed by atoms with E-state index in [0.717, 1.165) is 22.6 Å². The molecule has 0 radical (unpaired) electrons. The highest BCUT2D eigenvalue weighted by Gasteiger charge is 2.29. The average Bonchev–Trinajstić information content (AvgIpc) is 3.08. The van der Waals surface area contributed by atoms with E-state index in [-0.39, 0.29) is 12.5 Å². The lowest BCUT2D eigenvalue weighted by atomic mass is 10.1. The highest BCUT2D eigenvalue weighted by atomic mass is 16.5. The molecule has 24 heavy (non-hydrogen) atoms. The average molecular weight is 332 g/mol. The number of aliphatic hydroxyl groups excluding tert-OH is 1. The molecule has 2 aromatic rings. The van der Waals surface area contributed by atoms with Crippen LogP contribution in [0.1, 0.15) is 21.9 Å². The summed E-state index contributed by atoms with van der Waals surface area (Å²) in [5.41, 5.74) is 3.58. The highest BCUT2D eigenvalue weighted by molar-refractivity contribution is 5.88. The molecule has 0 unspecified atom stereocenters. The van der Waals surface area contributed by atoms with Crippen molar-refractivity contribution in [2.24, 2.45) is 0 Å². The summed E-state index contributed by atoms with van der Waals surface area (Å²) in [6, 6.07) is 3.45. The molecule has 0 atom stereocenters. The number of amides is 1. The number of likely N-dealkylation sites (tertiary alicyclic amines) is 1. The third kappa shape index (κ3) is 2.80. The molecule has 3 heterocycles. The van der Waals surface area contributed by atoms with Gasteiger partial charge in [-0.05, 0) is 26.0 Å². The maximum Gasteiger partial charge on any atom is 0.354 e. The first-order valence-electron chi connectivity index (χ1n) is 7.68. The van der Waals surface area contributed by atoms with Crippen LogP contribution in [0.4, 0.5) is 0 Å². The second-order valence-electron chi connectivity index (χ2n) is 5.93. The fourth-order valence-corrected chi connectivity index (χ4v) is 2.90. The molecule has 3 rings (SSSR count). The molecule has 2 N–H and O–H groups in total. The summed E-state index contributed by atoms with van der Waals surface area (Å²) >= 11 is 0. The third-order valence-electron chi connectivity index (χ3n) is 4.24. The Morgan fingerprint density at radius 1 is 1.38 bits per heavy atom. The van der Waals surface area contributed by atoms with E-state index in [2.05, 4.69) is 10.1 Å². The van der Waals surface area contributed by atoms with Crippen molar-refractivity contribution in [3.8, 4) is 11.3 Å². The third-order valence-corrected chi connectivity index (χ3v) is 4.24. The fourth-order valence-electron chi connectivity index (χ4n) is 2.90. The Balaban J connectivity index is 1.82. The first-order valence-corrected chi connectivity index (χ1v) is 7.68. The van der Waals surface area contributed by atoms with Gasteiger partial charge in [0.1, 0.15) is 12.2 Å². The number of aromatic amines is 1. The van der Waals surface area contributed by atoms with Crippen molar-refractivity contribution in [3.05, 3.63) is 29.2 Å². The molecule has 0 bridgehead atoms. The zero-order chi connectivity index (χ0) is 17.4. The Morgan fingerprint density at radius 3 is 2.71 bits per heavy atom. The van der Waals surface area contributed by atoms with Crippen LogP contribution in [0.15, 0.2) is 12.1 Å². The summed E-state index contributed by atoms with van der Waals surface area (Å²) in [4.78, 5) is 28.4. The van der Waals surface area contributed by atoms with Gasteiger partial charge in [-0.1, -0.05) is 0 Å². The fraction of sp³-hybridized carbons (Fsp3) is 0.438. The van der Waals surface area contributed by atoms with E-state index in [4.69, 9.17) is 4.74 Å². The van der Waals surface area contributed by atoms with Gasteiger partial charge in [-0.2, -0.15) is 5.10 Å². The van der Waals surface area contributed by atoms with E-state index in [9.17, 15) is 14.7 Å². The van der Waals surface area contributed by atoms with Crippen LogP contribution in [0, 0.1) is 13.8 Å². The van der Waals surface area contributed by atoms with Crippen molar-refractivity contribution >= 4 is 11.9 Å². The molecule has 1 aliphatic heterocycles. The molecule has 8 nitrogen and oxygen atoms in total. The first kappa shape index (κ1) is 16.3. The first-order chi connectivity index (χ1) is 11.4.